The maximum Gasteiger partial charge on any atom is 0.0978 e. The lowest BCUT2D eigenvalue weighted by Crippen LogP contribution is -1.91. The quantitative estimate of drug-likeness (QED) is 0.163. The van der Waals surface area contributed by atoms with Gasteiger partial charge in [0.15, 0.2) is 0 Å². The van der Waals surface area contributed by atoms with E-state index >= 15 is 0 Å². The van der Waals surface area contributed by atoms with Crippen LogP contribution in [0, 0.1) is 0 Å². The molecule has 2 nitrogen and oxygen atoms in total. The summed E-state index contributed by atoms with van der Waals surface area (Å²) in [6, 6.07) is 50.2. The average Bonchev–Trinajstić information content (AvgIpc) is 3.07. The Kier molecular flexibility index (Phi) is 4.93. The van der Waals surface area contributed by atoms with Gasteiger partial charge in [-0.2, -0.15) is 0 Å². The fourth-order valence-electron chi connectivity index (χ4n) is 6.72. The van der Waals surface area contributed by atoms with Crippen LogP contribution in [0.4, 0.5) is 0 Å². The Morgan fingerprint density at radius 2 is 0.929 bits per heavy atom. The van der Waals surface area contributed by atoms with Crippen LogP contribution in [-0.2, 0) is 0 Å². The van der Waals surface area contributed by atoms with Gasteiger partial charge in [0.2, 0.25) is 0 Å². The first-order valence-corrected chi connectivity index (χ1v) is 14.3. The van der Waals surface area contributed by atoms with Gasteiger partial charge in [0.1, 0.15) is 0 Å². The average molecular weight is 533 g/mol. The van der Waals surface area contributed by atoms with E-state index in [1.54, 1.807) is 0 Å². The van der Waals surface area contributed by atoms with Crippen LogP contribution >= 0.6 is 0 Å². The number of nitrogens with zero attached hydrogens (tertiary/aromatic N) is 2. The van der Waals surface area contributed by atoms with Gasteiger partial charge in [-0.3, -0.25) is 4.98 Å². The minimum Gasteiger partial charge on any atom is -0.254 e. The van der Waals surface area contributed by atoms with Crippen molar-refractivity contribution < 1.29 is 0 Å². The van der Waals surface area contributed by atoms with Gasteiger partial charge in [-0.1, -0.05) is 121 Å². The fraction of sp³-hybridized carbons (Fsp3) is 0. The van der Waals surface area contributed by atoms with E-state index in [9.17, 15) is 0 Å². The molecule has 0 aliphatic carbocycles. The molecule has 0 aliphatic heterocycles. The van der Waals surface area contributed by atoms with Gasteiger partial charge in [-0.05, 0) is 67.2 Å². The van der Waals surface area contributed by atoms with E-state index in [0.717, 1.165) is 32.7 Å². The maximum absolute atomic E-state index is 5.07. The Morgan fingerprint density at radius 1 is 0.357 bits per heavy atom. The highest BCUT2D eigenvalue weighted by Gasteiger charge is 2.15. The summed E-state index contributed by atoms with van der Waals surface area (Å²) in [4.78, 5) is 9.78. The topological polar surface area (TPSA) is 25.8 Å². The van der Waals surface area contributed by atoms with Crippen molar-refractivity contribution in [3.63, 3.8) is 0 Å². The number of fused-ring (bicyclic) bond motifs is 10. The third-order valence-corrected chi connectivity index (χ3v) is 8.67. The number of para-hydroxylation sites is 1. The second kappa shape index (κ2) is 8.95. The summed E-state index contributed by atoms with van der Waals surface area (Å²) in [6.07, 6.45) is 1.85. The zero-order valence-electron chi connectivity index (χ0n) is 22.8. The van der Waals surface area contributed by atoms with Crippen LogP contribution in [-0.4, -0.2) is 9.97 Å². The minimum atomic E-state index is 0.939. The Morgan fingerprint density at radius 3 is 1.67 bits per heavy atom. The predicted octanol–water partition coefficient (Wildman–Crippen LogP) is 10.7. The summed E-state index contributed by atoms with van der Waals surface area (Å²) in [5.74, 6) is 0. The van der Waals surface area contributed by atoms with Crippen molar-refractivity contribution in [1.82, 2.24) is 9.97 Å². The van der Waals surface area contributed by atoms with E-state index in [-0.39, 0.29) is 0 Å². The lowest BCUT2D eigenvalue weighted by atomic mass is 9.91. The summed E-state index contributed by atoms with van der Waals surface area (Å²) >= 11 is 0. The molecule has 7 aromatic carbocycles. The molecule has 2 heteroatoms. The van der Waals surface area contributed by atoms with Gasteiger partial charge >= 0.3 is 0 Å². The molecule has 0 fully saturated rings. The third-order valence-electron chi connectivity index (χ3n) is 8.67. The molecule has 0 aliphatic rings. The number of hydrogen-bond donors (Lipinski definition) is 0. The molecule has 0 saturated heterocycles. The molecule has 0 radical (unpaired) electrons. The summed E-state index contributed by atoms with van der Waals surface area (Å²) in [5.41, 5.74) is 7.66. The zero-order chi connectivity index (χ0) is 27.6. The molecule has 42 heavy (non-hydrogen) atoms. The second-order valence-corrected chi connectivity index (χ2v) is 11.0. The lowest BCUT2D eigenvalue weighted by Gasteiger charge is -2.14. The van der Waals surface area contributed by atoms with E-state index < -0.39 is 0 Å². The predicted molar refractivity (Wildman–Crippen MR) is 178 cm³/mol. The van der Waals surface area contributed by atoms with Crippen LogP contribution < -0.4 is 0 Å². The molecule has 9 aromatic rings. The number of rotatable bonds is 2. The SMILES string of the molecule is c1cnc2c(c1)ccc1c(-c3ccc(-c4ccc5c6ccccc6c6ccccc6c5c4)cc3)c3ccccc3nc12. The van der Waals surface area contributed by atoms with Crippen LogP contribution in [0.25, 0.3) is 87.3 Å². The highest BCUT2D eigenvalue weighted by molar-refractivity contribution is 6.25. The number of benzene rings is 7. The van der Waals surface area contributed by atoms with Crippen molar-refractivity contribution in [2.24, 2.45) is 0 Å². The van der Waals surface area contributed by atoms with Crippen LogP contribution in [0.3, 0.4) is 0 Å². The van der Waals surface area contributed by atoms with E-state index in [0.29, 0.717) is 0 Å². The van der Waals surface area contributed by atoms with Gasteiger partial charge in [0.25, 0.3) is 0 Å². The van der Waals surface area contributed by atoms with E-state index in [1.807, 2.05) is 12.3 Å². The van der Waals surface area contributed by atoms with Crippen molar-refractivity contribution in [3.8, 4) is 22.3 Å². The normalized spacial score (nSPS) is 11.8. The van der Waals surface area contributed by atoms with E-state index in [1.165, 1.54) is 54.6 Å². The van der Waals surface area contributed by atoms with Gasteiger partial charge in [-0.25, -0.2) is 4.98 Å². The first-order valence-electron chi connectivity index (χ1n) is 14.3. The van der Waals surface area contributed by atoms with Gasteiger partial charge < -0.3 is 0 Å². The molecule has 0 atom stereocenters. The largest absolute Gasteiger partial charge is 0.254 e. The molecule has 0 bridgehead atoms. The highest BCUT2D eigenvalue weighted by Crippen LogP contribution is 2.39. The summed E-state index contributed by atoms with van der Waals surface area (Å²) in [7, 11) is 0. The van der Waals surface area contributed by atoms with E-state index in [2.05, 4.69) is 133 Å². The minimum absolute atomic E-state index is 0.939. The third kappa shape index (κ3) is 3.39. The molecule has 194 valence electrons. The fourth-order valence-corrected chi connectivity index (χ4v) is 6.72. The van der Waals surface area contributed by atoms with E-state index in [4.69, 9.17) is 9.97 Å². The van der Waals surface area contributed by atoms with Crippen LogP contribution in [0.1, 0.15) is 0 Å². The van der Waals surface area contributed by atoms with Crippen molar-refractivity contribution in [2.75, 3.05) is 0 Å². The number of aromatic nitrogens is 2. The van der Waals surface area contributed by atoms with Crippen LogP contribution in [0.5, 0.6) is 0 Å². The second-order valence-electron chi connectivity index (χ2n) is 11.0. The van der Waals surface area contributed by atoms with Crippen molar-refractivity contribution in [1.29, 1.82) is 0 Å². The molecule has 0 unspecified atom stereocenters. The number of hydrogen-bond acceptors (Lipinski definition) is 2. The van der Waals surface area contributed by atoms with Crippen molar-refractivity contribution in [3.05, 3.63) is 146 Å². The molecule has 0 amide bonds. The Bertz CT molecular complexity index is 2470. The monoisotopic (exact) mass is 532 g/mol. The molecule has 2 heterocycles. The lowest BCUT2D eigenvalue weighted by molar-refractivity contribution is 1.40. The molecular formula is C40H24N2. The molecule has 2 aromatic heterocycles. The summed E-state index contributed by atoms with van der Waals surface area (Å²) < 4.78 is 0. The summed E-state index contributed by atoms with van der Waals surface area (Å²) in [5, 5.41) is 11.1. The highest BCUT2D eigenvalue weighted by atomic mass is 14.7. The maximum atomic E-state index is 5.07. The first-order chi connectivity index (χ1) is 20.8. The van der Waals surface area contributed by atoms with Crippen molar-refractivity contribution >= 4 is 65.0 Å². The van der Waals surface area contributed by atoms with Crippen LogP contribution in [0.15, 0.2) is 146 Å². The smallest absolute Gasteiger partial charge is 0.0978 e. The van der Waals surface area contributed by atoms with Crippen LogP contribution in [0.2, 0.25) is 0 Å². The molecular weight excluding hydrogens is 508 g/mol. The Balaban J connectivity index is 1.24. The Hall–Kier alpha value is -5.60. The molecule has 0 spiro atoms. The van der Waals surface area contributed by atoms with Gasteiger partial charge in [0, 0.05) is 27.9 Å². The number of pyridine rings is 2. The van der Waals surface area contributed by atoms with Crippen molar-refractivity contribution in [2.45, 2.75) is 0 Å². The standard InChI is InChI=1S/C40H24N2/c1-2-11-31-29(9-1)30-10-3-4-12-32(30)36-24-28(20-21-33(31)36)25-15-17-26(18-16-25)38-34-13-5-6-14-37(34)42-40-35(38)22-19-27-8-7-23-41-39(27)40/h1-24H. The summed E-state index contributed by atoms with van der Waals surface area (Å²) in [6.45, 7) is 0. The zero-order valence-corrected chi connectivity index (χ0v) is 22.8. The first kappa shape index (κ1) is 23.1. The molecule has 0 saturated carbocycles. The van der Waals surface area contributed by atoms with Gasteiger partial charge in [0.05, 0.1) is 16.6 Å². The molecule has 9 rings (SSSR count). The molecule has 0 N–H and O–H groups in total. The van der Waals surface area contributed by atoms with Gasteiger partial charge in [-0.15, -0.1) is 0 Å². The Labute approximate surface area is 242 Å².